The first kappa shape index (κ1) is 9.02. The zero-order valence-corrected chi connectivity index (χ0v) is 8.66. The molecule has 0 amide bonds. The zero-order valence-electron chi connectivity index (χ0n) is 10.7. The summed E-state index contributed by atoms with van der Waals surface area (Å²) in [6, 6.07) is 1.45. The molecule has 0 nitrogen and oxygen atoms in total. The molecular formula is C12H12F4. The minimum Gasteiger partial charge on any atom is -0.206 e. The van der Waals surface area contributed by atoms with Crippen LogP contribution in [0.4, 0.5) is 17.6 Å². The highest BCUT2D eigenvalue weighted by Gasteiger charge is 2.35. The van der Waals surface area contributed by atoms with E-state index in [0.29, 0.717) is 18.1 Å². The largest absolute Gasteiger partial charge is 0.419 e. The molecule has 0 N–H and O–H groups in total. The van der Waals surface area contributed by atoms with Crippen molar-refractivity contribution in [2.24, 2.45) is 5.92 Å². The topological polar surface area (TPSA) is 0 Å². The fraction of sp³-hybridized carbons (Fsp3) is 0.500. The number of hydrogen-bond acceptors (Lipinski definition) is 0. The molecule has 4 heteroatoms. The van der Waals surface area contributed by atoms with E-state index < -0.39 is 23.9 Å². The van der Waals surface area contributed by atoms with Gasteiger partial charge in [-0.15, -0.1) is 0 Å². The van der Waals surface area contributed by atoms with Gasteiger partial charge in [0.25, 0.3) is 0 Å². The van der Waals surface area contributed by atoms with Gasteiger partial charge < -0.3 is 0 Å². The lowest BCUT2D eigenvalue weighted by Crippen LogP contribution is -2.15. The maximum atomic E-state index is 13.4. The van der Waals surface area contributed by atoms with E-state index in [1.165, 1.54) is 0 Å². The maximum absolute atomic E-state index is 13.4. The Kier molecular flexibility index (Phi) is 2.12. The van der Waals surface area contributed by atoms with Gasteiger partial charge in [0, 0.05) is 2.74 Å². The highest BCUT2D eigenvalue weighted by molar-refractivity contribution is 5.36. The second-order valence-electron chi connectivity index (χ2n) is 4.18. The van der Waals surface area contributed by atoms with Crippen molar-refractivity contribution in [2.75, 3.05) is 0 Å². The molecule has 1 aliphatic carbocycles. The Morgan fingerprint density at radius 1 is 1.31 bits per heavy atom. The van der Waals surface area contributed by atoms with Crippen molar-refractivity contribution in [1.82, 2.24) is 0 Å². The van der Waals surface area contributed by atoms with Gasteiger partial charge in [0.2, 0.25) is 0 Å². The van der Waals surface area contributed by atoms with Crippen molar-refractivity contribution in [3.8, 4) is 0 Å². The maximum Gasteiger partial charge on any atom is 0.419 e. The summed E-state index contributed by atoms with van der Waals surface area (Å²) >= 11 is 0. The fourth-order valence-corrected chi connectivity index (χ4v) is 1.90. The van der Waals surface area contributed by atoms with E-state index in [-0.39, 0.29) is 17.9 Å². The average molecular weight is 234 g/mol. The molecule has 16 heavy (non-hydrogen) atoms. The number of fused-ring (bicyclic) bond motifs is 1. The van der Waals surface area contributed by atoms with E-state index in [1.54, 1.807) is 6.92 Å². The van der Waals surface area contributed by atoms with Gasteiger partial charge in [-0.2, -0.15) is 13.2 Å². The van der Waals surface area contributed by atoms with E-state index in [2.05, 4.69) is 0 Å². The van der Waals surface area contributed by atoms with Crippen LogP contribution >= 0.6 is 0 Å². The molecule has 0 aromatic heterocycles. The van der Waals surface area contributed by atoms with Crippen molar-refractivity contribution in [3.05, 3.63) is 34.6 Å². The standard InChI is InChI=1S/C12H12F4/c1-7-2-3-8-5-10(12(14,15)16)11(13)6-9(8)4-7/h5-7H,2-4H2,1H3/i3D2. The first-order valence-electron chi connectivity index (χ1n) is 6.01. The summed E-state index contributed by atoms with van der Waals surface area (Å²) in [6.07, 6.45) is -6.06. The highest BCUT2D eigenvalue weighted by atomic mass is 19.4. The molecule has 0 aliphatic heterocycles. The Bertz CT molecular complexity index is 480. The summed E-state index contributed by atoms with van der Waals surface area (Å²) in [4.78, 5) is 0. The smallest absolute Gasteiger partial charge is 0.206 e. The third-order valence-corrected chi connectivity index (χ3v) is 2.71. The highest BCUT2D eigenvalue weighted by Crippen LogP contribution is 2.35. The van der Waals surface area contributed by atoms with Gasteiger partial charge in [0.15, 0.2) is 0 Å². The predicted molar refractivity (Wildman–Crippen MR) is 52.6 cm³/mol. The molecule has 0 radical (unpaired) electrons. The molecule has 0 fully saturated rings. The van der Waals surface area contributed by atoms with Crippen molar-refractivity contribution < 1.29 is 20.3 Å². The van der Waals surface area contributed by atoms with Gasteiger partial charge >= 0.3 is 6.18 Å². The number of alkyl halides is 3. The van der Waals surface area contributed by atoms with Gasteiger partial charge in [-0.1, -0.05) is 6.92 Å². The Labute approximate surface area is 94.1 Å². The predicted octanol–water partition coefficient (Wildman–Crippen LogP) is 3.97. The van der Waals surface area contributed by atoms with E-state index in [1.807, 2.05) is 0 Å². The van der Waals surface area contributed by atoms with Crippen molar-refractivity contribution >= 4 is 0 Å². The molecule has 1 aromatic carbocycles. The molecule has 0 saturated heterocycles. The van der Waals surface area contributed by atoms with E-state index >= 15 is 0 Å². The molecule has 0 saturated carbocycles. The summed E-state index contributed by atoms with van der Waals surface area (Å²) in [5, 5.41) is 0. The number of rotatable bonds is 0. The van der Waals surface area contributed by atoms with Crippen LogP contribution in [-0.4, -0.2) is 0 Å². The third-order valence-electron chi connectivity index (χ3n) is 2.71. The summed E-state index contributed by atoms with van der Waals surface area (Å²) in [5.74, 6) is -1.34. The summed E-state index contributed by atoms with van der Waals surface area (Å²) in [7, 11) is 0. The lowest BCUT2D eigenvalue weighted by atomic mass is 9.84. The Morgan fingerprint density at radius 2 is 2.00 bits per heavy atom. The van der Waals surface area contributed by atoms with Crippen molar-refractivity contribution in [1.29, 1.82) is 0 Å². The van der Waals surface area contributed by atoms with Crippen LogP contribution in [-0.2, 0) is 19.0 Å². The van der Waals surface area contributed by atoms with Crippen LogP contribution in [0.15, 0.2) is 12.1 Å². The van der Waals surface area contributed by atoms with Crippen LogP contribution in [0.3, 0.4) is 0 Å². The first-order chi connectivity index (χ1) is 8.11. The van der Waals surface area contributed by atoms with Gasteiger partial charge in [-0.3, -0.25) is 0 Å². The Morgan fingerprint density at radius 3 is 2.62 bits per heavy atom. The minimum absolute atomic E-state index is 0.0105. The van der Waals surface area contributed by atoms with Crippen LogP contribution in [0.5, 0.6) is 0 Å². The van der Waals surface area contributed by atoms with Crippen LogP contribution in [0, 0.1) is 11.7 Å². The Hall–Kier alpha value is -1.06. The first-order valence-corrected chi connectivity index (χ1v) is 5.01. The van der Waals surface area contributed by atoms with Gasteiger partial charge in [0.1, 0.15) is 5.82 Å². The fourth-order valence-electron chi connectivity index (χ4n) is 1.90. The number of benzene rings is 1. The van der Waals surface area contributed by atoms with Crippen molar-refractivity contribution in [3.63, 3.8) is 0 Å². The monoisotopic (exact) mass is 234 g/mol. The molecule has 88 valence electrons. The van der Waals surface area contributed by atoms with E-state index in [9.17, 15) is 17.6 Å². The summed E-state index contributed by atoms with van der Waals surface area (Å²) in [6.45, 7) is 1.80. The summed E-state index contributed by atoms with van der Waals surface area (Å²) in [5.41, 5.74) is -1.08. The normalized spacial score (nSPS) is 25.7. The quantitative estimate of drug-likeness (QED) is 0.596. The van der Waals surface area contributed by atoms with Crippen LogP contribution < -0.4 is 0 Å². The number of hydrogen-bond donors (Lipinski definition) is 0. The van der Waals surface area contributed by atoms with Crippen LogP contribution in [0.2, 0.25) is 0 Å². The second-order valence-corrected chi connectivity index (χ2v) is 4.18. The van der Waals surface area contributed by atoms with Crippen LogP contribution in [0.1, 0.15) is 32.8 Å². The van der Waals surface area contributed by atoms with E-state index in [0.717, 1.165) is 6.07 Å². The molecule has 0 spiro atoms. The van der Waals surface area contributed by atoms with Crippen LogP contribution in [0.25, 0.3) is 0 Å². The SMILES string of the molecule is [2H]C1([2H])CC(C)Cc2cc(F)c(C(F)(F)F)cc21. The molecule has 2 rings (SSSR count). The molecule has 0 bridgehead atoms. The second kappa shape index (κ2) is 3.75. The van der Waals surface area contributed by atoms with Gasteiger partial charge in [0.05, 0.1) is 5.56 Å². The number of halogens is 4. The van der Waals surface area contributed by atoms with Gasteiger partial charge in [-0.25, -0.2) is 4.39 Å². The van der Waals surface area contributed by atoms with Crippen molar-refractivity contribution in [2.45, 2.75) is 32.3 Å². The lowest BCUT2D eigenvalue weighted by Gasteiger charge is -2.22. The minimum atomic E-state index is -4.79. The van der Waals surface area contributed by atoms with E-state index in [4.69, 9.17) is 2.74 Å². The van der Waals surface area contributed by atoms with Gasteiger partial charge in [-0.05, 0) is 48.4 Å². The average Bonchev–Trinajstić information content (AvgIpc) is 2.12. The molecule has 0 heterocycles. The molecule has 1 atom stereocenters. The molecule has 1 aromatic rings. The molecule has 1 unspecified atom stereocenters. The summed E-state index contributed by atoms with van der Waals surface area (Å²) < 4.78 is 66.7. The molecular weight excluding hydrogens is 220 g/mol. The molecule has 1 aliphatic rings. The Balaban J connectivity index is 2.61. The zero-order chi connectivity index (χ0) is 13.7. The lowest BCUT2D eigenvalue weighted by molar-refractivity contribution is -0.140. The third kappa shape index (κ3) is 2.06. The number of aryl methyl sites for hydroxylation is 1.